The number of H-pyrrole nitrogens is 2. The van der Waals surface area contributed by atoms with Crippen LogP contribution in [0.15, 0.2) is 60.9 Å². The Labute approximate surface area is 332 Å². The zero-order valence-electron chi connectivity index (χ0n) is 33.4. The average molecular weight is 777 g/mol. The van der Waals surface area contributed by atoms with Gasteiger partial charge in [-0.3, -0.25) is 14.7 Å². The van der Waals surface area contributed by atoms with Gasteiger partial charge < -0.3 is 35.0 Å². The molecule has 5 aromatic rings. The molecule has 0 spiro atoms. The van der Waals surface area contributed by atoms with Crippen LogP contribution in [-0.4, -0.2) is 104 Å². The third-order valence-electron chi connectivity index (χ3n) is 11.2. The van der Waals surface area contributed by atoms with Crippen LogP contribution >= 0.6 is 0 Å². The minimum atomic E-state index is -0.685. The van der Waals surface area contributed by atoms with E-state index < -0.39 is 18.2 Å². The summed E-state index contributed by atoms with van der Waals surface area (Å²) in [6.07, 6.45) is 6.28. The number of aromatic nitrogens is 6. The number of methoxy groups -OCH3 is 2. The lowest BCUT2D eigenvalue weighted by atomic mass is 10.0. The first-order valence-electron chi connectivity index (χ1n) is 19.7. The lowest BCUT2D eigenvalue weighted by molar-refractivity contribution is -0.135. The Bertz CT molecular complexity index is 2180. The molecule has 15 heteroatoms. The summed E-state index contributed by atoms with van der Waals surface area (Å²) in [6.45, 7) is 10.2. The molecule has 4 atom stereocenters. The molecule has 57 heavy (non-hydrogen) atoms. The summed E-state index contributed by atoms with van der Waals surface area (Å²) < 4.78 is 9.62. The lowest BCUT2D eigenvalue weighted by Crippen LogP contribution is -2.51. The molecule has 15 nitrogen and oxygen atoms in total. The van der Waals surface area contributed by atoms with Gasteiger partial charge in [0.2, 0.25) is 5.91 Å². The number of nitrogens with zero attached hydrogens (tertiary/aromatic N) is 6. The Kier molecular flexibility index (Phi) is 11.8. The van der Waals surface area contributed by atoms with Gasteiger partial charge in [-0.2, -0.15) is 0 Å². The molecule has 0 aliphatic carbocycles. The molecule has 2 saturated heterocycles. The van der Waals surface area contributed by atoms with Crippen LogP contribution in [0.1, 0.15) is 77.1 Å². The summed E-state index contributed by atoms with van der Waals surface area (Å²) in [5.74, 6) is 1.61. The first-order chi connectivity index (χ1) is 27.5. The summed E-state index contributed by atoms with van der Waals surface area (Å²) in [5.41, 5.74) is 6.83. The van der Waals surface area contributed by atoms with Crippen LogP contribution in [0, 0.1) is 11.8 Å². The predicted molar refractivity (Wildman–Crippen MR) is 216 cm³/mol. The second kappa shape index (κ2) is 17.1. The van der Waals surface area contributed by atoms with Crippen molar-refractivity contribution in [3.63, 3.8) is 0 Å². The van der Waals surface area contributed by atoms with E-state index >= 15 is 0 Å². The van der Waals surface area contributed by atoms with Gasteiger partial charge in [-0.15, -0.1) is 0 Å². The second-order valence-corrected chi connectivity index (χ2v) is 15.6. The number of carbonyl (C=O) groups excluding carboxylic acids is 3. The van der Waals surface area contributed by atoms with E-state index in [9.17, 15) is 14.4 Å². The molecule has 300 valence electrons. The Morgan fingerprint density at radius 3 is 2.12 bits per heavy atom. The third kappa shape index (κ3) is 8.63. The van der Waals surface area contributed by atoms with E-state index in [0.29, 0.717) is 18.7 Å². The van der Waals surface area contributed by atoms with Gasteiger partial charge in [0.25, 0.3) is 0 Å². The summed E-state index contributed by atoms with van der Waals surface area (Å²) >= 11 is 0. The number of aromatic amines is 2. The number of likely N-dealkylation sites (tertiary alicyclic amines) is 2. The summed E-state index contributed by atoms with van der Waals surface area (Å²) in [4.78, 5) is 67.8. The highest BCUT2D eigenvalue weighted by molar-refractivity contribution is 5.86. The summed E-state index contributed by atoms with van der Waals surface area (Å²) in [6, 6.07) is 15.4. The second-order valence-electron chi connectivity index (χ2n) is 15.6. The zero-order valence-corrected chi connectivity index (χ0v) is 33.4. The van der Waals surface area contributed by atoms with Crippen molar-refractivity contribution in [1.29, 1.82) is 0 Å². The van der Waals surface area contributed by atoms with E-state index in [0.717, 1.165) is 83.2 Å². The molecule has 2 fully saturated rings. The minimum Gasteiger partial charge on any atom is -0.453 e. The monoisotopic (exact) mass is 776 g/mol. The molecule has 4 aromatic heterocycles. The molecule has 2 aliphatic rings. The maximum Gasteiger partial charge on any atom is 0.407 e. The molecule has 0 bridgehead atoms. The van der Waals surface area contributed by atoms with Crippen LogP contribution in [0.25, 0.3) is 44.9 Å². The fourth-order valence-corrected chi connectivity index (χ4v) is 7.86. The Morgan fingerprint density at radius 1 is 0.737 bits per heavy atom. The van der Waals surface area contributed by atoms with E-state index in [4.69, 9.17) is 24.4 Å². The number of amides is 3. The zero-order chi connectivity index (χ0) is 40.2. The molecular weight excluding hydrogens is 725 g/mol. The topological polar surface area (TPSA) is 183 Å². The first kappa shape index (κ1) is 39.4. The minimum absolute atomic E-state index is 0.0414. The number of alkyl carbamates (subject to hydrolysis) is 2. The van der Waals surface area contributed by atoms with Crippen LogP contribution in [0.4, 0.5) is 9.59 Å². The van der Waals surface area contributed by atoms with Crippen molar-refractivity contribution in [3.8, 4) is 33.8 Å². The van der Waals surface area contributed by atoms with Crippen molar-refractivity contribution in [1.82, 2.24) is 50.3 Å². The van der Waals surface area contributed by atoms with E-state index in [1.807, 2.05) is 61.3 Å². The molecular formula is C42H52N10O5. The molecule has 0 saturated carbocycles. The van der Waals surface area contributed by atoms with E-state index in [2.05, 4.69) is 56.5 Å². The Morgan fingerprint density at radius 2 is 1.42 bits per heavy atom. The number of fused-ring (bicyclic) bond motifs is 1. The highest BCUT2D eigenvalue weighted by Gasteiger charge is 2.37. The fraction of sp³-hybridized carbons (Fsp3) is 0.452. The summed E-state index contributed by atoms with van der Waals surface area (Å²) in [5, 5.41) is 5.68. The third-order valence-corrected chi connectivity index (χ3v) is 11.2. The first-order valence-corrected chi connectivity index (χ1v) is 19.7. The van der Waals surface area contributed by atoms with Crippen LogP contribution in [0.2, 0.25) is 0 Å². The van der Waals surface area contributed by atoms with Gasteiger partial charge in [0.15, 0.2) is 5.65 Å². The number of hydrogen-bond acceptors (Lipinski definition) is 10. The Hall–Kier alpha value is -5.83. The smallest absolute Gasteiger partial charge is 0.407 e. The number of nitrogens with one attached hydrogen (secondary N) is 4. The number of rotatable bonds is 12. The van der Waals surface area contributed by atoms with Crippen molar-refractivity contribution in [2.75, 3.05) is 33.9 Å². The highest BCUT2D eigenvalue weighted by Crippen LogP contribution is 2.34. The van der Waals surface area contributed by atoms with Crippen LogP contribution < -0.4 is 10.6 Å². The van der Waals surface area contributed by atoms with E-state index in [-0.39, 0.29) is 35.9 Å². The van der Waals surface area contributed by atoms with E-state index in [1.165, 1.54) is 14.2 Å². The fourth-order valence-electron chi connectivity index (χ4n) is 7.86. The van der Waals surface area contributed by atoms with Gasteiger partial charge >= 0.3 is 12.2 Å². The normalized spacial score (nSPS) is 18.3. The van der Waals surface area contributed by atoms with Crippen LogP contribution in [0.3, 0.4) is 0 Å². The molecule has 2 aliphatic heterocycles. The van der Waals surface area contributed by atoms with Gasteiger partial charge in [0.05, 0.1) is 55.1 Å². The molecule has 0 radical (unpaired) electrons. The summed E-state index contributed by atoms with van der Waals surface area (Å²) in [7, 11) is 2.68. The maximum atomic E-state index is 13.5. The Balaban J connectivity index is 1.01. The number of imidazole rings is 2. The molecule has 1 aromatic carbocycles. The number of pyridine rings is 2. The SMILES string of the molecule is COC(=O)N[C@H](C(=O)N1CCC[C@H]1c1ncc(-c2ccc(-c3ccc(-c4ccc5[nH]c([C@@H]6CCCN6C[C@@H](NC(=O)OC)C(C)C)nc5n4)nc3)cc2)[nH]1)C(C)C. The maximum absolute atomic E-state index is 13.5. The average Bonchev–Trinajstić information content (AvgIpc) is 4.06. The van der Waals surface area contributed by atoms with Gasteiger partial charge in [0.1, 0.15) is 17.7 Å². The molecule has 6 heterocycles. The lowest BCUT2D eigenvalue weighted by Gasteiger charge is -2.30. The molecule has 4 N–H and O–H groups in total. The number of hydrogen-bond donors (Lipinski definition) is 4. The van der Waals surface area contributed by atoms with Crippen LogP contribution in [-0.2, 0) is 14.3 Å². The quantitative estimate of drug-likeness (QED) is 0.107. The van der Waals surface area contributed by atoms with E-state index in [1.54, 1.807) is 6.20 Å². The number of carbonyl (C=O) groups is 3. The van der Waals surface area contributed by atoms with Gasteiger partial charge in [-0.25, -0.2) is 24.5 Å². The van der Waals surface area contributed by atoms with Crippen molar-refractivity contribution < 1.29 is 23.9 Å². The van der Waals surface area contributed by atoms with Crippen molar-refractivity contribution in [2.24, 2.45) is 11.8 Å². The van der Waals surface area contributed by atoms with Gasteiger partial charge in [-0.1, -0.05) is 58.0 Å². The predicted octanol–water partition coefficient (Wildman–Crippen LogP) is 6.64. The molecule has 0 unspecified atom stereocenters. The van der Waals surface area contributed by atoms with Crippen molar-refractivity contribution in [3.05, 3.63) is 72.6 Å². The molecule has 3 amide bonds. The van der Waals surface area contributed by atoms with Gasteiger partial charge in [-0.05, 0) is 73.4 Å². The van der Waals surface area contributed by atoms with Gasteiger partial charge in [0, 0.05) is 30.9 Å². The number of ether oxygens (including phenoxy) is 2. The number of benzene rings is 1. The highest BCUT2D eigenvalue weighted by atomic mass is 16.5. The van der Waals surface area contributed by atoms with Crippen LogP contribution in [0.5, 0.6) is 0 Å². The largest absolute Gasteiger partial charge is 0.453 e. The van der Waals surface area contributed by atoms with Crippen molar-refractivity contribution >= 4 is 29.3 Å². The standard InChI is InChI=1S/C42H52N10O5/c1-24(2)33(48-41(54)56-5)23-51-19-7-9-34(51)39-46-31-18-17-30(45-37(31)50-39)29-16-15-28(21-43-29)26-11-13-27(14-12-26)32-22-44-38(47-32)35-10-8-20-52(35)40(53)36(25(3)4)49-42(55)57-6/h11-18,21-22,24-25,33-36H,7-10,19-20,23H2,1-6H3,(H,44,47)(H,48,54)(H,49,55)(H,45,46,50)/t33-,34+,35+,36+/m1/s1. The molecule has 7 rings (SSSR count). The van der Waals surface area contributed by atoms with Crippen molar-refractivity contribution in [2.45, 2.75) is 77.5 Å².